The molecule has 0 unspecified atom stereocenters. The highest BCUT2D eigenvalue weighted by Gasteiger charge is 2.20. The molecule has 0 N–H and O–H groups in total. The summed E-state index contributed by atoms with van der Waals surface area (Å²) in [4.78, 5) is 11.3. The Labute approximate surface area is 65.8 Å². The van der Waals surface area contributed by atoms with Crippen molar-refractivity contribution < 1.29 is 4.79 Å². The molecule has 0 saturated heterocycles. The second kappa shape index (κ2) is 2.22. The molecule has 0 aliphatic carbocycles. The molecule has 11 heavy (non-hydrogen) atoms. The molecule has 0 radical (unpaired) electrons. The molecule has 58 valence electrons. The zero-order valence-corrected chi connectivity index (χ0v) is 6.58. The van der Waals surface area contributed by atoms with E-state index in [2.05, 4.69) is 11.5 Å². The summed E-state index contributed by atoms with van der Waals surface area (Å²) in [5, 5.41) is 0. The third-order valence-corrected chi connectivity index (χ3v) is 2.33. The van der Waals surface area contributed by atoms with Gasteiger partial charge in [0.05, 0.1) is 5.69 Å². The molecule has 1 aromatic heterocycles. The molecule has 0 bridgehead atoms. The molecule has 1 aromatic rings. The molecular weight excluding hydrogens is 138 g/mol. The van der Waals surface area contributed by atoms with E-state index in [-0.39, 0.29) is 5.78 Å². The fourth-order valence-corrected chi connectivity index (χ4v) is 1.62. The van der Waals surface area contributed by atoms with Crippen molar-refractivity contribution in [3.05, 3.63) is 24.0 Å². The average molecular weight is 149 g/mol. The maximum atomic E-state index is 11.3. The van der Waals surface area contributed by atoms with Gasteiger partial charge in [-0.1, -0.05) is 0 Å². The molecule has 1 atom stereocenters. The van der Waals surface area contributed by atoms with E-state index in [4.69, 9.17) is 0 Å². The molecule has 0 aromatic carbocycles. The molecule has 2 heteroatoms. The Hall–Kier alpha value is -1.05. The van der Waals surface area contributed by atoms with Crippen molar-refractivity contribution in [3.63, 3.8) is 0 Å². The van der Waals surface area contributed by atoms with E-state index in [1.807, 2.05) is 18.3 Å². The van der Waals surface area contributed by atoms with Crippen LogP contribution in [0.5, 0.6) is 0 Å². The Morgan fingerprint density at radius 3 is 3.18 bits per heavy atom. The second-order valence-electron chi connectivity index (χ2n) is 3.11. The minimum Gasteiger partial charge on any atom is -0.342 e. The van der Waals surface area contributed by atoms with Gasteiger partial charge in [0.25, 0.3) is 0 Å². The molecule has 1 aliphatic heterocycles. The quantitative estimate of drug-likeness (QED) is 0.553. The van der Waals surface area contributed by atoms with Crippen LogP contribution >= 0.6 is 0 Å². The lowest BCUT2D eigenvalue weighted by atomic mass is 10.0. The van der Waals surface area contributed by atoms with Gasteiger partial charge in [-0.15, -0.1) is 0 Å². The minimum atomic E-state index is 0.285. The fourth-order valence-electron chi connectivity index (χ4n) is 1.62. The van der Waals surface area contributed by atoms with E-state index in [0.717, 1.165) is 12.1 Å². The predicted octanol–water partition coefficient (Wildman–Crippen LogP) is 2.03. The number of hydrogen-bond acceptors (Lipinski definition) is 1. The summed E-state index contributed by atoms with van der Waals surface area (Å²) < 4.78 is 2.06. The van der Waals surface area contributed by atoms with Gasteiger partial charge in [0, 0.05) is 18.7 Å². The third kappa shape index (κ3) is 0.897. The van der Waals surface area contributed by atoms with Crippen LogP contribution in [-0.2, 0) is 0 Å². The maximum Gasteiger partial charge on any atom is 0.179 e. The van der Waals surface area contributed by atoms with Crippen LogP contribution in [0.3, 0.4) is 0 Å². The van der Waals surface area contributed by atoms with E-state index in [9.17, 15) is 4.79 Å². The van der Waals surface area contributed by atoms with Crippen molar-refractivity contribution in [2.24, 2.45) is 0 Å². The van der Waals surface area contributed by atoms with E-state index in [0.29, 0.717) is 12.5 Å². The molecule has 1 aliphatic rings. The van der Waals surface area contributed by atoms with E-state index in [1.54, 1.807) is 0 Å². The molecule has 2 heterocycles. The summed E-state index contributed by atoms with van der Waals surface area (Å²) in [6.07, 6.45) is 3.68. The summed E-state index contributed by atoms with van der Waals surface area (Å²) >= 11 is 0. The smallest absolute Gasteiger partial charge is 0.179 e. The van der Waals surface area contributed by atoms with Crippen LogP contribution < -0.4 is 0 Å². The van der Waals surface area contributed by atoms with E-state index < -0.39 is 0 Å². The zero-order valence-electron chi connectivity index (χ0n) is 6.58. The van der Waals surface area contributed by atoms with Crippen LogP contribution in [-0.4, -0.2) is 10.4 Å². The number of carbonyl (C=O) groups is 1. The number of fused-ring (bicyclic) bond motifs is 1. The topological polar surface area (TPSA) is 22.0 Å². The maximum absolute atomic E-state index is 11.3. The molecule has 2 nitrogen and oxygen atoms in total. The van der Waals surface area contributed by atoms with Crippen molar-refractivity contribution in [1.29, 1.82) is 0 Å². The summed E-state index contributed by atoms with van der Waals surface area (Å²) in [6.45, 7) is 2.15. The summed E-state index contributed by atoms with van der Waals surface area (Å²) in [7, 11) is 0. The van der Waals surface area contributed by atoms with Crippen molar-refractivity contribution >= 4 is 5.78 Å². The van der Waals surface area contributed by atoms with Crippen molar-refractivity contribution in [3.8, 4) is 0 Å². The summed E-state index contributed by atoms with van der Waals surface area (Å²) in [6, 6.07) is 4.34. The number of nitrogens with zero attached hydrogens (tertiary/aromatic N) is 1. The van der Waals surface area contributed by atoms with Crippen molar-refractivity contribution in [2.45, 2.75) is 25.8 Å². The third-order valence-electron chi connectivity index (χ3n) is 2.33. The first-order valence-corrected chi connectivity index (χ1v) is 3.99. The molecule has 0 saturated carbocycles. The number of ketones is 1. The van der Waals surface area contributed by atoms with E-state index >= 15 is 0 Å². The first-order valence-electron chi connectivity index (χ1n) is 3.99. The Morgan fingerprint density at radius 2 is 2.45 bits per heavy atom. The van der Waals surface area contributed by atoms with Crippen molar-refractivity contribution in [2.75, 3.05) is 0 Å². The van der Waals surface area contributed by atoms with Crippen LogP contribution in [0.4, 0.5) is 0 Å². The lowest BCUT2D eigenvalue weighted by Crippen LogP contribution is -2.18. The predicted molar refractivity (Wildman–Crippen MR) is 42.7 cm³/mol. The normalized spacial score (nSPS) is 23.4. The Bertz CT molecular complexity index is 288. The van der Waals surface area contributed by atoms with Crippen LogP contribution in [0.15, 0.2) is 18.3 Å². The number of hydrogen-bond donors (Lipinski definition) is 0. The zero-order chi connectivity index (χ0) is 7.84. The van der Waals surface area contributed by atoms with Gasteiger partial charge in [0.2, 0.25) is 0 Å². The van der Waals surface area contributed by atoms with Gasteiger partial charge < -0.3 is 4.57 Å². The monoisotopic (exact) mass is 149 g/mol. The first kappa shape index (κ1) is 6.65. The Morgan fingerprint density at radius 1 is 1.64 bits per heavy atom. The van der Waals surface area contributed by atoms with Crippen molar-refractivity contribution in [1.82, 2.24) is 4.57 Å². The highest BCUT2D eigenvalue weighted by Crippen LogP contribution is 2.23. The first-order chi connectivity index (χ1) is 5.29. The van der Waals surface area contributed by atoms with Gasteiger partial charge in [-0.25, -0.2) is 0 Å². The van der Waals surface area contributed by atoms with Gasteiger partial charge >= 0.3 is 0 Å². The number of carbonyl (C=O) groups excluding carboxylic acids is 1. The number of rotatable bonds is 0. The van der Waals surface area contributed by atoms with Gasteiger partial charge in [-0.05, 0) is 25.5 Å². The van der Waals surface area contributed by atoms with Gasteiger partial charge in [-0.2, -0.15) is 0 Å². The minimum absolute atomic E-state index is 0.285. The largest absolute Gasteiger partial charge is 0.342 e. The standard InChI is InChI=1S/C9H11NO/c1-7-4-5-9(11)8-3-2-6-10(7)8/h2-3,6-7H,4-5H2,1H3/t7-/m0/s1. The second-order valence-corrected chi connectivity index (χ2v) is 3.11. The molecular formula is C9H11NO. The summed E-state index contributed by atoms with van der Waals surface area (Å²) in [5.74, 6) is 0.285. The Balaban J connectivity index is 2.51. The molecule has 0 amide bonds. The fraction of sp³-hybridized carbons (Fsp3) is 0.444. The number of Topliss-reactive ketones (excluding diaryl/α,β-unsaturated/α-hetero) is 1. The van der Waals surface area contributed by atoms with Crippen LogP contribution in [0.2, 0.25) is 0 Å². The van der Waals surface area contributed by atoms with Crippen LogP contribution in [0, 0.1) is 0 Å². The van der Waals surface area contributed by atoms with Crippen LogP contribution in [0.1, 0.15) is 36.3 Å². The highest BCUT2D eigenvalue weighted by molar-refractivity contribution is 5.95. The molecule has 0 spiro atoms. The molecule has 2 rings (SSSR count). The van der Waals surface area contributed by atoms with Gasteiger partial charge in [0.15, 0.2) is 5.78 Å². The van der Waals surface area contributed by atoms with Gasteiger partial charge in [0.1, 0.15) is 0 Å². The van der Waals surface area contributed by atoms with E-state index in [1.165, 1.54) is 0 Å². The number of aromatic nitrogens is 1. The molecule has 0 fully saturated rings. The lowest BCUT2D eigenvalue weighted by molar-refractivity contribution is 0.0945. The van der Waals surface area contributed by atoms with Crippen LogP contribution in [0.25, 0.3) is 0 Å². The highest BCUT2D eigenvalue weighted by atomic mass is 16.1. The SMILES string of the molecule is C[C@H]1CCC(=O)c2cccn21. The van der Waals surface area contributed by atoms with Gasteiger partial charge in [-0.3, -0.25) is 4.79 Å². The lowest BCUT2D eigenvalue weighted by Gasteiger charge is -2.21. The average Bonchev–Trinajstić information content (AvgIpc) is 2.45. The summed E-state index contributed by atoms with van der Waals surface area (Å²) in [5.41, 5.74) is 0.878. The Kier molecular flexibility index (Phi) is 1.34.